The molecule has 1 rings (SSSR count). The molecule has 1 unspecified atom stereocenters. The quantitative estimate of drug-likeness (QED) is 0.588. The summed E-state index contributed by atoms with van der Waals surface area (Å²) < 4.78 is 5.76. The highest BCUT2D eigenvalue weighted by atomic mass is 16.5. The lowest BCUT2D eigenvalue weighted by atomic mass is 10.1. The molecule has 0 saturated heterocycles. The van der Waals surface area contributed by atoms with Crippen molar-refractivity contribution >= 4 is 0 Å². The van der Waals surface area contributed by atoms with Crippen LogP contribution in [0.15, 0.2) is 0 Å². The van der Waals surface area contributed by atoms with E-state index >= 15 is 0 Å². The first kappa shape index (κ1) is 15.0. The van der Waals surface area contributed by atoms with Crippen molar-refractivity contribution in [1.29, 1.82) is 0 Å². The standard InChI is InChI=1S/C15H31NO/c1-3-11-16-14(2)8-6-7-12-17-13-15-9-4-5-10-15/h14-16H,3-13H2,1-2H3. The van der Waals surface area contributed by atoms with Crippen LogP contribution in [0.25, 0.3) is 0 Å². The minimum Gasteiger partial charge on any atom is -0.381 e. The van der Waals surface area contributed by atoms with Crippen molar-refractivity contribution in [2.24, 2.45) is 5.92 Å². The van der Waals surface area contributed by atoms with Gasteiger partial charge >= 0.3 is 0 Å². The van der Waals surface area contributed by atoms with E-state index in [2.05, 4.69) is 19.2 Å². The summed E-state index contributed by atoms with van der Waals surface area (Å²) in [6.45, 7) is 7.64. The van der Waals surface area contributed by atoms with Gasteiger partial charge in [-0.3, -0.25) is 0 Å². The zero-order valence-electron chi connectivity index (χ0n) is 11.8. The molecule has 0 aromatic carbocycles. The molecule has 102 valence electrons. The first-order valence-corrected chi connectivity index (χ1v) is 7.64. The number of hydrogen-bond acceptors (Lipinski definition) is 2. The summed E-state index contributed by atoms with van der Waals surface area (Å²) in [5.41, 5.74) is 0. The number of ether oxygens (including phenoxy) is 1. The Morgan fingerprint density at radius 3 is 2.71 bits per heavy atom. The first-order chi connectivity index (χ1) is 8.33. The summed E-state index contributed by atoms with van der Waals surface area (Å²) in [5.74, 6) is 0.875. The Bertz CT molecular complexity index is 166. The van der Waals surface area contributed by atoms with E-state index in [0.717, 1.165) is 25.7 Å². The fourth-order valence-corrected chi connectivity index (χ4v) is 2.57. The summed E-state index contributed by atoms with van der Waals surface area (Å²) in [7, 11) is 0. The van der Waals surface area contributed by atoms with Crippen LogP contribution in [0.5, 0.6) is 0 Å². The summed E-state index contributed by atoms with van der Waals surface area (Å²) in [6.07, 6.45) is 10.7. The Hall–Kier alpha value is -0.0800. The predicted octanol–water partition coefficient (Wildman–Crippen LogP) is 3.75. The molecule has 0 radical (unpaired) electrons. The second-order valence-corrected chi connectivity index (χ2v) is 5.58. The molecule has 2 nitrogen and oxygen atoms in total. The molecule has 17 heavy (non-hydrogen) atoms. The van der Waals surface area contributed by atoms with Crippen LogP contribution in [0.4, 0.5) is 0 Å². The number of unbranched alkanes of at least 4 members (excludes halogenated alkanes) is 1. The zero-order valence-corrected chi connectivity index (χ0v) is 11.8. The van der Waals surface area contributed by atoms with Crippen LogP contribution in [-0.2, 0) is 4.74 Å². The Kier molecular flexibility index (Phi) is 8.72. The Morgan fingerprint density at radius 1 is 1.24 bits per heavy atom. The van der Waals surface area contributed by atoms with Gasteiger partial charge < -0.3 is 10.1 Å². The molecule has 1 fully saturated rings. The van der Waals surface area contributed by atoms with Crippen molar-refractivity contribution in [2.45, 2.75) is 71.3 Å². The van der Waals surface area contributed by atoms with Gasteiger partial charge in [0.05, 0.1) is 0 Å². The molecular weight excluding hydrogens is 210 g/mol. The Morgan fingerprint density at radius 2 is 2.00 bits per heavy atom. The molecule has 0 spiro atoms. The smallest absolute Gasteiger partial charge is 0.0494 e. The molecule has 1 aliphatic carbocycles. The lowest BCUT2D eigenvalue weighted by Crippen LogP contribution is -2.26. The normalized spacial score (nSPS) is 18.7. The van der Waals surface area contributed by atoms with Gasteiger partial charge in [-0.1, -0.05) is 19.8 Å². The van der Waals surface area contributed by atoms with Crippen LogP contribution in [-0.4, -0.2) is 25.8 Å². The summed E-state index contributed by atoms with van der Waals surface area (Å²) in [5, 5.41) is 3.53. The maximum atomic E-state index is 5.76. The van der Waals surface area contributed by atoms with Gasteiger partial charge in [-0.05, 0) is 57.9 Å². The lowest BCUT2D eigenvalue weighted by molar-refractivity contribution is 0.0976. The molecule has 2 heteroatoms. The van der Waals surface area contributed by atoms with E-state index in [-0.39, 0.29) is 0 Å². The van der Waals surface area contributed by atoms with Crippen molar-refractivity contribution in [3.05, 3.63) is 0 Å². The highest BCUT2D eigenvalue weighted by Crippen LogP contribution is 2.24. The van der Waals surface area contributed by atoms with Gasteiger partial charge in [-0.2, -0.15) is 0 Å². The van der Waals surface area contributed by atoms with Crippen LogP contribution in [0.2, 0.25) is 0 Å². The maximum Gasteiger partial charge on any atom is 0.0494 e. The SMILES string of the molecule is CCCNC(C)CCCCOCC1CCCC1. The van der Waals surface area contributed by atoms with Crippen molar-refractivity contribution in [3.8, 4) is 0 Å². The highest BCUT2D eigenvalue weighted by molar-refractivity contribution is 4.66. The number of nitrogens with one attached hydrogen (secondary N) is 1. The van der Waals surface area contributed by atoms with Gasteiger partial charge in [0.15, 0.2) is 0 Å². The molecule has 1 N–H and O–H groups in total. The molecule has 0 aromatic heterocycles. The minimum absolute atomic E-state index is 0.671. The summed E-state index contributed by atoms with van der Waals surface area (Å²) in [4.78, 5) is 0. The molecule has 0 aliphatic heterocycles. The fourth-order valence-electron chi connectivity index (χ4n) is 2.57. The van der Waals surface area contributed by atoms with Crippen molar-refractivity contribution < 1.29 is 4.74 Å². The Labute approximate surface area is 108 Å². The second kappa shape index (κ2) is 9.90. The van der Waals surface area contributed by atoms with Crippen molar-refractivity contribution in [3.63, 3.8) is 0 Å². The predicted molar refractivity (Wildman–Crippen MR) is 74.4 cm³/mol. The van der Waals surface area contributed by atoms with E-state index in [4.69, 9.17) is 4.74 Å². The third-order valence-corrected chi connectivity index (χ3v) is 3.75. The van der Waals surface area contributed by atoms with Crippen molar-refractivity contribution in [1.82, 2.24) is 5.32 Å². The third kappa shape index (κ3) is 7.77. The molecule has 1 aliphatic rings. The molecule has 0 heterocycles. The molecule has 1 saturated carbocycles. The van der Waals surface area contributed by atoms with Crippen LogP contribution in [0.1, 0.15) is 65.2 Å². The zero-order chi connectivity index (χ0) is 12.3. The minimum atomic E-state index is 0.671. The van der Waals surface area contributed by atoms with E-state index in [1.54, 1.807) is 0 Å². The average Bonchev–Trinajstić information content (AvgIpc) is 2.84. The van der Waals surface area contributed by atoms with Gasteiger partial charge in [0.1, 0.15) is 0 Å². The largest absolute Gasteiger partial charge is 0.381 e. The fraction of sp³-hybridized carbons (Fsp3) is 1.00. The van der Waals surface area contributed by atoms with Gasteiger partial charge in [0.2, 0.25) is 0 Å². The van der Waals surface area contributed by atoms with Crippen LogP contribution >= 0.6 is 0 Å². The molecule has 0 aromatic rings. The van der Waals surface area contributed by atoms with E-state index < -0.39 is 0 Å². The number of rotatable bonds is 10. The lowest BCUT2D eigenvalue weighted by Gasteiger charge is -2.13. The van der Waals surface area contributed by atoms with Gasteiger partial charge in [0, 0.05) is 19.3 Å². The molecular formula is C15H31NO. The second-order valence-electron chi connectivity index (χ2n) is 5.58. The third-order valence-electron chi connectivity index (χ3n) is 3.75. The molecule has 1 atom stereocenters. The average molecular weight is 241 g/mol. The summed E-state index contributed by atoms with van der Waals surface area (Å²) >= 11 is 0. The summed E-state index contributed by atoms with van der Waals surface area (Å²) in [6, 6.07) is 0.671. The monoisotopic (exact) mass is 241 g/mol. The van der Waals surface area contributed by atoms with E-state index in [9.17, 15) is 0 Å². The van der Waals surface area contributed by atoms with Crippen molar-refractivity contribution in [2.75, 3.05) is 19.8 Å². The van der Waals surface area contributed by atoms with Gasteiger partial charge in [-0.15, -0.1) is 0 Å². The van der Waals surface area contributed by atoms with E-state index in [0.29, 0.717) is 6.04 Å². The van der Waals surface area contributed by atoms with Crippen LogP contribution < -0.4 is 5.32 Å². The maximum absolute atomic E-state index is 5.76. The highest BCUT2D eigenvalue weighted by Gasteiger charge is 2.14. The molecule has 0 bridgehead atoms. The Balaban J connectivity index is 1.80. The van der Waals surface area contributed by atoms with E-state index in [1.165, 1.54) is 51.4 Å². The van der Waals surface area contributed by atoms with Gasteiger partial charge in [0.25, 0.3) is 0 Å². The number of hydrogen-bond donors (Lipinski definition) is 1. The first-order valence-electron chi connectivity index (χ1n) is 7.64. The molecule has 0 amide bonds. The van der Waals surface area contributed by atoms with Crippen LogP contribution in [0, 0.1) is 5.92 Å². The topological polar surface area (TPSA) is 21.3 Å². The van der Waals surface area contributed by atoms with Crippen LogP contribution in [0.3, 0.4) is 0 Å². The van der Waals surface area contributed by atoms with E-state index in [1.807, 2.05) is 0 Å². The van der Waals surface area contributed by atoms with Gasteiger partial charge in [-0.25, -0.2) is 0 Å².